The van der Waals surface area contributed by atoms with E-state index in [2.05, 4.69) is 36.8 Å². The number of nitrogens with one attached hydrogen (secondary N) is 1. The van der Waals surface area contributed by atoms with E-state index in [0.717, 1.165) is 17.4 Å². The van der Waals surface area contributed by atoms with E-state index >= 15 is 0 Å². The highest BCUT2D eigenvalue weighted by atomic mass is 32.2. The number of sulfonamides is 1. The van der Waals surface area contributed by atoms with Gasteiger partial charge in [-0.25, -0.2) is 8.42 Å². The van der Waals surface area contributed by atoms with Crippen molar-refractivity contribution in [1.29, 1.82) is 0 Å². The number of nitrogens with zero attached hydrogens (tertiary/aromatic N) is 1. The Kier molecular flexibility index (Phi) is 9.91. The molecule has 0 aliphatic carbocycles. The molecule has 0 aliphatic rings. The zero-order valence-corrected chi connectivity index (χ0v) is 23.9. The van der Waals surface area contributed by atoms with Gasteiger partial charge in [-0.05, 0) is 94.6 Å². The van der Waals surface area contributed by atoms with Crippen LogP contribution in [0.25, 0.3) is 0 Å². The fourth-order valence-corrected chi connectivity index (χ4v) is 4.59. The van der Waals surface area contributed by atoms with E-state index in [-0.39, 0.29) is 29.6 Å². The number of esters is 1. The number of rotatable bonds is 10. The van der Waals surface area contributed by atoms with Crippen LogP contribution in [-0.2, 0) is 26.0 Å². The van der Waals surface area contributed by atoms with Crippen molar-refractivity contribution in [2.45, 2.75) is 54.0 Å². The lowest BCUT2D eigenvalue weighted by Gasteiger charge is -2.34. The Morgan fingerprint density at radius 3 is 2.22 bits per heavy atom. The average Bonchev–Trinajstić information content (AvgIpc) is 2.75. The largest absolute Gasteiger partial charge is 0.465 e. The van der Waals surface area contributed by atoms with E-state index in [4.69, 9.17) is 22.7 Å². The molecule has 0 radical (unpaired) electrons. The van der Waals surface area contributed by atoms with Gasteiger partial charge in [0, 0.05) is 18.2 Å². The second-order valence-electron chi connectivity index (χ2n) is 10.5. The van der Waals surface area contributed by atoms with E-state index in [9.17, 15) is 13.2 Å². The zero-order chi connectivity index (χ0) is 27.3. The molecule has 0 saturated carbocycles. The van der Waals surface area contributed by atoms with E-state index in [1.54, 1.807) is 12.1 Å². The molecule has 7 nitrogen and oxygen atoms in total. The molecule has 2 rings (SSSR count). The lowest BCUT2D eigenvalue weighted by molar-refractivity contribution is -0.154. The molecule has 9 heteroatoms. The summed E-state index contributed by atoms with van der Waals surface area (Å²) in [6, 6.07) is 13.3. The molecule has 0 spiro atoms. The maximum atomic E-state index is 12.5. The average molecular weight is 534 g/mol. The first-order chi connectivity index (χ1) is 16.6. The van der Waals surface area contributed by atoms with E-state index < -0.39 is 15.4 Å². The molecule has 0 heterocycles. The van der Waals surface area contributed by atoms with Crippen molar-refractivity contribution < 1.29 is 17.9 Å². The number of hydrogen-bond acceptors (Lipinski definition) is 5. The monoisotopic (exact) mass is 533 g/mol. The first kappa shape index (κ1) is 29.6. The zero-order valence-electron chi connectivity index (χ0n) is 22.3. The molecular formula is C27H39N3O4S2. The van der Waals surface area contributed by atoms with Crippen LogP contribution in [0.3, 0.4) is 0 Å². The highest BCUT2D eigenvalue weighted by molar-refractivity contribution is 7.92. The normalized spacial score (nSPS) is 13.5. The molecule has 0 aliphatic heterocycles. The lowest BCUT2D eigenvalue weighted by Crippen LogP contribution is -2.42. The van der Waals surface area contributed by atoms with E-state index in [0.29, 0.717) is 18.7 Å². The first-order valence-corrected chi connectivity index (χ1v) is 14.2. The van der Waals surface area contributed by atoms with Gasteiger partial charge >= 0.3 is 5.97 Å². The first-order valence-electron chi connectivity index (χ1n) is 11.9. The summed E-state index contributed by atoms with van der Waals surface area (Å²) < 4.78 is 31.2. The van der Waals surface area contributed by atoms with Crippen molar-refractivity contribution in [3.05, 3.63) is 64.7 Å². The van der Waals surface area contributed by atoms with Gasteiger partial charge in [0.2, 0.25) is 10.0 Å². The Balaban J connectivity index is 2.27. The predicted octanol–water partition coefficient (Wildman–Crippen LogP) is 4.73. The summed E-state index contributed by atoms with van der Waals surface area (Å²) >= 11 is 5.41. The fraction of sp³-hybridized carbons (Fsp3) is 0.481. The number of hydrogen-bond donors (Lipinski definition) is 2. The van der Waals surface area contributed by atoms with Gasteiger partial charge in [0.15, 0.2) is 5.11 Å². The maximum absolute atomic E-state index is 12.5. The van der Waals surface area contributed by atoms with Gasteiger partial charge < -0.3 is 15.4 Å². The third-order valence-corrected chi connectivity index (χ3v) is 6.90. The number of aryl methyl sites for hydroxylation is 2. The Hall–Kier alpha value is -2.65. The molecular weight excluding hydrogens is 494 g/mol. The van der Waals surface area contributed by atoms with Gasteiger partial charge in [-0.1, -0.05) is 30.3 Å². The molecule has 0 bridgehead atoms. The van der Waals surface area contributed by atoms with Gasteiger partial charge in [-0.3, -0.25) is 9.52 Å². The summed E-state index contributed by atoms with van der Waals surface area (Å²) in [5.41, 5.74) is 10.6. The number of thiocarbonyl (C=S) groups is 1. The Labute approximate surface area is 221 Å². The fourth-order valence-electron chi connectivity index (χ4n) is 3.79. The minimum Gasteiger partial charge on any atom is -0.465 e. The van der Waals surface area contributed by atoms with Gasteiger partial charge in [0.05, 0.1) is 24.3 Å². The third kappa shape index (κ3) is 9.09. The van der Waals surface area contributed by atoms with Gasteiger partial charge in [-0.2, -0.15) is 0 Å². The molecule has 1 unspecified atom stereocenters. The van der Waals surface area contributed by atoms with Crippen LogP contribution < -0.4 is 10.5 Å². The quantitative estimate of drug-likeness (QED) is 0.336. The number of ether oxygens (including phenoxy) is 1. The van der Waals surface area contributed by atoms with Crippen LogP contribution in [0.2, 0.25) is 0 Å². The van der Waals surface area contributed by atoms with Crippen molar-refractivity contribution >= 4 is 39.0 Å². The molecule has 2 atom stereocenters. The van der Waals surface area contributed by atoms with Crippen LogP contribution >= 0.6 is 12.2 Å². The Morgan fingerprint density at radius 2 is 1.72 bits per heavy atom. The molecule has 2 aromatic rings. The molecule has 2 aromatic carbocycles. The SMILES string of the molecule is Cc1ccc(CC(COC(=O)C(C)(C)C)CN(C(N)=S)[C@H](C)c2ccc(NS(C)(=O)=O)cc2)cc1C. The number of carbonyl (C=O) groups excluding carboxylic acids is 1. The lowest BCUT2D eigenvalue weighted by atomic mass is 9.95. The summed E-state index contributed by atoms with van der Waals surface area (Å²) in [6.45, 7) is 12.4. The number of benzene rings is 2. The second kappa shape index (κ2) is 12.1. The van der Waals surface area contributed by atoms with Gasteiger partial charge in [0.25, 0.3) is 0 Å². The molecule has 3 N–H and O–H groups in total. The highest BCUT2D eigenvalue weighted by Crippen LogP contribution is 2.25. The number of carbonyl (C=O) groups is 1. The summed E-state index contributed by atoms with van der Waals surface area (Å²) in [7, 11) is -3.36. The third-order valence-electron chi connectivity index (χ3n) is 6.06. The maximum Gasteiger partial charge on any atom is 0.311 e. The number of nitrogens with two attached hydrogens (primary N) is 1. The van der Waals surface area contributed by atoms with Crippen LogP contribution in [0.4, 0.5) is 5.69 Å². The van der Waals surface area contributed by atoms with Crippen molar-refractivity contribution in [2.75, 3.05) is 24.1 Å². The molecule has 0 aromatic heterocycles. The molecule has 198 valence electrons. The van der Waals surface area contributed by atoms with Crippen LogP contribution in [0.5, 0.6) is 0 Å². The van der Waals surface area contributed by atoms with Crippen molar-refractivity contribution in [1.82, 2.24) is 4.90 Å². The van der Waals surface area contributed by atoms with Crippen molar-refractivity contribution in [2.24, 2.45) is 17.1 Å². The predicted molar refractivity (Wildman–Crippen MR) is 150 cm³/mol. The van der Waals surface area contributed by atoms with Gasteiger partial charge in [-0.15, -0.1) is 0 Å². The summed E-state index contributed by atoms with van der Waals surface area (Å²) in [6.07, 6.45) is 1.81. The molecule has 36 heavy (non-hydrogen) atoms. The summed E-state index contributed by atoms with van der Waals surface area (Å²) in [5, 5.41) is 0.244. The minimum absolute atomic E-state index is 0.0477. The summed E-state index contributed by atoms with van der Waals surface area (Å²) in [4.78, 5) is 14.4. The topological polar surface area (TPSA) is 102 Å². The summed E-state index contributed by atoms with van der Waals surface area (Å²) in [5.74, 6) is -0.301. The van der Waals surface area contributed by atoms with E-state index in [1.165, 1.54) is 11.1 Å². The minimum atomic E-state index is -3.36. The van der Waals surface area contributed by atoms with E-state index in [1.807, 2.05) is 44.7 Å². The Morgan fingerprint density at radius 1 is 1.11 bits per heavy atom. The van der Waals surface area contributed by atoms with Crippen LogP contribution in [-0.4, -0.2) is 43.8 Å². The highest BCUT2D eigenvalue weighted by Gasteiger charge is 2.27. The standard InChI is InChI=1S/C27H39N3O4S2/c1-18-8-9-21(14-19(18)2)15-22(17-34-25(31)27(4,5)6)16-30(26(28)35)20(3)23-10-12-24(13-11-23)29-36(7,32)33/h8-14,20,22,29H,15-17H2,1-7H3,(H2,28,35)/t20-,22?/m1/s1. The second-order valence-corrected chi connectivity index (χ2v) is 12.7. The van der Waals surface area contributed by atoms with Crippen LogP contribution in [0, 0.1) is 25.2 Å². The van der Waals surface area contributed by atoms with Crippen molar-refractivity contribution in [3.8, 4) is 0 Å². The van der Waals surface area contributed by atoms with Crippen LogP contribution in [0.15, 0.2) is 42.5 Å². The number of anilines is 1. The smallest absolute Gasteiger partial charge is 0.311 e. The molecule has 0 amide bonds. The Bertz CT molecular complexity index is 1170. The van der Waals surface area contributed by atoms with Crippen molar-refractivity contribution in [3.63, 3.8) is 0 Å². The van der Waals surface area contributed by atoms with Crippen LogP contribution in [0.1, 0.15) is 56.0 Å². The molecule has 0 fully saturated rings. The van der Waals surface area contributed by atoms with Gasteiger partial charge in [0.1, 0.15) is 0 Å². The molecule has 0 saturated heterocycles.